The number of ether oxygens (including phenoxy) is 1. The third-order valence-corrected chi connectivity index (χ3v) is 5.54. The highest BCUT2D eigenvalue weighted by Gasteiger charge is 2.43. The van der Waals surface area contributed by atoms with Gasteiger partial charge >= 0.3 is 0 Å². The van der Waals surface area contributed by atoms with Gasteiger partial charge in [0, 0.05) is 17.4 Å². The summed E-state index contributed by atoms with van der Waals surface area (Å²) in [5.41, 5.74) is 1.55. The lowest BCUT2D eigenvalue weighted by atomic mass is 10.1. The van der Waals surface area contributed by atoms with Gasteiger partial charge in [0.15, 0.2) is 0 Å². The number of hydrogen-bond donors (Lipinski definition) is 0. The summed E-state index contributed by atoms with van der Waals surface area (Å²) in [5.74, 6) is -0.0196. The SMILES string of the molecule is CCC(=O)N(CCc1ccc(OC)cc1)[C@H]1CC(=O)N(c2ccc(Br)cc2)C1=O. The molecule has 1 saturated heterocycles. The number of benzene rings is 2. The van der Waals surface area contributed by atoms with Crippen LogP contribution in [0, 0.1) is 0 Å². The Morgan fingerprint density at radius 2 is 1.79 bits per heavy atom. The average Bonchev–Trinajstić information content (AvgIpc) is 3.03. The van der Waals surface area contributed by atoms with Crippen LogP contribution in [0.5, 0.6) is 5.75 Å². The number of anilines is 1. The van der Waals surface area contributed by atoms with Crippen molar-refractivity contribution in [2.24, 2.45) is 0 Å². The van der Waals surface area contributed by atoms with Crippen LogP contribution in [-0.4, -0.2) is 42.3 Å². The summed E-state index contributed by atoms with van der Waals surface area (Å²) < 4.78 is 6.02. The first-order chi connectivity index (χ1) is 13.9. The van der Waals surface area contributed by atoms with Crippen molar-refractivity contribution in [3.8, 4) is 5.75 Å². The largest absolute Gasteiger partial charge is 0.497 e. The summed E-state index contributed by atoms with van der Waals surface area (Å²) in [6, 6.07) is 13.8. The second-order valence-electron chi connectivity index (χ2n) is 6.80. The summed E-state index contributed by atoms with van der Waals surface area (Å²) in [5, 5.41) is 0. The second kappa shape index (κ2) is 9.22. The molecule has 6 nitrogen and oxygen atoms in total. The predicted molar refractivity (Wildman–Crippen MR) is 114 cm³/mol. The summed E-state index contributed by atoms with van der Waals surface area (Å²) in [4.78, 5) is 40.9. The van der Waals surface area contributed by atoms with E-state index < -0.39 is 6.04 Å². The van der Waals surface area contributed by atoms with Crippen LogP contribution in [0.25, 0.3) is 0 Å². The lowest BCUT2D eigenvalue weighted by Gasteiger charge is -2.27. The van der Waals surface area contributed by atoms with Crippen molar-refractivity contribution in [2.45, 2.75) is 32.2 Å². The molecule has 0 saturated carbocycles. The fraction of sp³-hybridized carbons (Fsp3) is 0.318. The van der Waals surface area contributed by atoms with Crippen LogP contribution in [0.4, 0.5) is 5.69 Å². The first-order valence-electron chi connectivity index (χ1n) is 9.49. The predicted octanol–water partition coefficient (Wildman–Crippen LogP) is 3.57. The fourth-order valence-corrected chi connectivity index (χ4v) is 3.68. The zero-order valence-electron chi connectivity index (χ0n) is 16.4. The van der Waals surface area contributed by atoms with Gasteiger partial charge in [-0.2, -0.15) is 0 Å². The normalized spacial score (nSPS) is 16.2. The van der Waals surface area contributed by atoms with Crippen molar-refractivity contribution in [3.63, 3.8) is 0 Å². The molecule has 0 bridgehead atoms. The van der Waals surface area contributed by atoms with Gasteiger partial charge < -0.3 is 9.64 Å². The number of rotatable bonds is 7. The van der Waals surface area contributed by atoms with Crippen molar-refractivity contribution in [1.82, 2.24) is 4.90 Å². The Hall–Kier alpha value is -2.67. The van der Waals surface area contributed by atoms with Crippen LogP contribution in [0.1, 0.15) is 25.3 Å². The van der Waals surface area contributed by atoms with Crippen LogP contribution in [-0.2, 0) is 20.8 Å². The highest BCUT2D eigenvalue weighted by molar-refractivity contribution is 9.10. The van der Waals surface area contributed by atoms with Gasteiger partial charge in [-0.25, -0.2) is 4.90 Å². The zero-order chi connectivity index (χ0) is 21.0. The van der Waals surface area contributed by atoms with E-state index in [1.807, 2.05) is 24.3 Å². The maximum Gasteiger partial charge on any atom is 0.257 e. The molecule has 2 aromatic carbocycles. The summed E-state index contributed by atoms with van der Waals surface area (Å²) in [6.45, 7) is 2.13. The van der Waals surface area contributed by atoms with E-state index in [0.717, 1.165) is 15.8 Å². The molecule has 3 amide bonds. The number of imide groups is 1. The molecular formula is C22H23BrN2O4. The summed E-state index contributed by atoms with van der Waals surface area (Å²) >= 11 is 3.35. The number of halogens is 1. The van der Waals surface area contributed by atoms with Crippen LogP contribution < -0.4 is 9.64 Å². The molecule has 0 aromatic heterocycles. The van der Waals surface area contributed by atoms with E-state index >= 15 is 0 Å². The molecule has 0 spiro atoms. The highest BCUT2D eigenvalue weighted by Crippen LogP contribution is 2.27. The van der Waals surface area contributed by atoms with Crippen molar-refractivity contribution >= 4 is 39.3 Å². The molecule has 1 fully saturated rings. The van der Waals surface area contributed by atoms with Gasteiger partial charge in [0.25, 0.3) is 5.91 Å². The number of amides is 3. The Balaban J connectivity index is 1.77. The van der Waals surface area contributed by atoms with Crippen molar-refractivity contribution in [2.75, 3.05) is 18.6 Å². The Kier molecular flexibility index (Phi) is 6.69. The lowest BCUT2D eigenvalue weighted by Crippen LogP contribution is -2.46. The van der Waals surface area contributed by atoms with E-state index in [1.165, 1.54) is 4.90 Å². The molecule has 0 aliphatic carbocycles. The molecule has 2 aromatic rings. The van der Waals surface area contributed by atoms with Crippen molar-refractivity contribution in [1.29, 1.82) is 0 Å². The topological polar surface area (TPSA) is 66.9 Å². The standard InChI is InChI=1S/C22H23BrN2O4/c1-3-20(26)24(13-12-15-4-10-18(29-2)11-5-15)19-14-21(27)25(22(19)28)17-8-6-16(23)7-9-17/h4-11,19H,3,12-14H2,1-2H3/t19-/m0/s1. The Labute approximate surface area is 178 Å². The van der Waals surface area contributed by atoms with Crippen LogP contribution in [0.3, 0.4) is 0 Å². The van der Waals surface area contributed by atoms with Gasteiger partial charge in [-0.15, -0.1) is 0 Å². The van der Waals surface area contributed by atoms with Crippen LogP contribution in [0.2, 0.25) is 0 Å². The third-order valence-electron chi connectivity index (χ3n) is 5.01. The van der Waals surface area contributed by atoms with Crippen molar-refractivity contribution in [3.05, 3.63) is 58.6 Å². The van der Waals surface area contributed by atoms with Crippen LogP contribution in [0.15, 0.2) is 53.0 Å². The van der Waals surface area contributed by atoms with Gasteiger partial charge in [0.2, 0.25) is 11.8 Å². The molecule has 29 heavy (non-hydrogen) atoms. The molecule has 1 heterocycles. The van der Waals surface area contributed by atoms with E-state index in [1.54, 1.807) is 43.2 Å². The van der Waals surface area contributed by atoms with Gasteiger partial charge in [-0.1, -0.05) is 35.0 Å². The average molecular weight is 459 g/mol. The van der Waals surface area contributed by atoms with E-state index in [0.29, 0.717) is 18.7 Å². The third kappa shape index (κ3) is 4.67. The molecule has 1 atom stereocenters. The van der Waals surface area contributed by atoms with Gasteiger partial charge in [-0.3, -0.25) is 14.4 Å². The number of hydrogen-bond acceptors (Lipinski definition) is 4. The Morgan fingerprint density at radius 1 is 1.14 bits per heavy atom. The van der Waals surface area contributed by atoms with Gasteiger partial charge in [-0.05, 0) is 48.4 Å². The number of carbonyl (C=O) groups excluding carboxylic acids is 3. The number of nitrogens with zero attached hydrogens (tertiary/aromatic N) is 2. The van der Waals surface area contributed by atoms with E-state index in [-0.39, 0.29) is 30.6 Å². The molecule has 152 valence electrons. The number of methoxy groups -OCH3 is 1. The molecule has 0 unspecified atom stereocenters. The maximum atomic E-state index is 13.0. The minimum Gasteiger partial charge on any atom is -0.497 e. The monoisotopic (exact) mass is 458 g/mol. The molecule has 0 N–H and O–H groups in total. The number of carbonyl (C=O) groups is 3. The molecular weight excluding hydrogens is 436 g/mol. The van der Waals surface area contributed by atoms with E-state index in [9.17, 15) is 14.4 Å². The van der Waals surface area contributed by atoms with Crippen LogP contribution >= 0.6 is 15.9 Å². The minimum atomic E-state index is -0.767. The van der Waals surface area contributed by atoms with E-state index in [4.69, 9.17) is 4.74 Å². The quantitative estimate of drug-likeness (QED) is 0.594. The molecule has 1 aliphatic heterocycles. The highest BCUT2D eigenvalue weighted by atomic mass is 79.9. The summed E-state index contributed by atoms with van der Waals surface area (Å²) in [7, 11) is 1.61. The van der Waals surface area contributed by atoms with Gasteiger partial charge in [0.05, 0.1) is 19.2 Å². The Bertz CT molecular complexity index is 896. The smallest absolute Gasteiger partial charge is 0.257 e. The minimum absolute atomic E-state index is 0.00322. The second-order valence-corrected chi connectivity index (χ2v) is 7.72. The van der Waals surface area contributed by atoms with Gasteiger partial charge in [0.1, 0.15) is 11.8 Å². The Morgan fingerprint density at radius 3 is 2.38 bits per heavy atom. The maximum absolute atomic E-state index is 13.0. The molecule has 0 radical (unpaired) electrons. The fourth-order valence-electron chi connectivity index (χ4n) is 3.42. The molecule has 1 aliphatic rings. The first kappa shape index (κ1) is 21.0. The van der Waals surface area contributed by atoms with Crippen molar-refractivity contribution < 1.29 is 19.1 Å². The lowest BCUT2D eigenvalue weighted by molar-refractivity contribution is -0.138. The first-order valence-corrected chi connectivity index (χ1v) is 10.3. The van der Waals surface area contributed by atoms with E-state index in [2.05, 4.69) is 15.9 Å². The summed E-state index contributed by atoms with van der Waals surface area (Å²) in [6.07, 6.45) is 0.869. The zero-order valence-corrected chi connectivity index (χ0v) is 18.0. The molecule has 7 heteroatoms. The molecule has 3 rings (SSSR count).